The number of aliphatic hydroxyl groups is 1. The molecule has 0 unspecified atom stereocenters. The Kier molecular flexibility index (Phi) is 4.39. The van der Waals surface area contributed by atoms with E-state index in [1.807, 2.05) is 30.3 Å². The molecule has 1 aliphatic heterocycles. The molecule has 1 aromatic heterocycles. The number of benzene rings is 1. The highest BCUT2D eigenvalue weighted by atomic mass is 16.3. The van der Waals surface area contributed by atoms with Crippen molar-refractivity contribution >= 4 is 6.03 Å². The largest absolute Gasteiger partial charge is 0.444 e. The molecule has 0 radical (unpaired) electrons. The van der Waals surface area contributed by atoms with E-state index in [0.717, 1.165) is 18.4 Å². The molecule has 1 atom stereocenters. The van der Waals surface area contributed by atoms with Crippen molar-refractivity contribution in [2.45, 2.75) is 25.4 Å². The van der Waals surface area contributed by atoms with Crippen LogP contribution in [0.2, 0.25) is 0 Å². The summed E-state index contributed by atoms with van der Waals surface area (Å²) in [6.45, 7) is 1.00. The van der Waals surface area contributed by atoms with E-state index in [9.17, 15) is 9.90 Å². The quantitative estimate of drug-likeness (QED) is 0.905. The second-order valence-electron chi connectivity index (χ2n) is 5.34. The molecule has 116 valence electrons. The highest BCUT2D eigenvalue weighted by Gasteiger charge is 2.27. The third-order valence-electron chi connectivity index (χ3n) is 3.84. The second-order valence-corrected chi connectivity index (χ2v) is 5.34. The average molecular weight is 301 g/mol. The molecular weight excluding hydrogens is 282 g/mol. The lowest BCUT2D eigenvalue weighted by Crippen LogP contribution is -2.43. The van der Waals surface area contributed by atoms with Crippen molar-refractivity contribution in [1.82, 2.24) is 15.2 Å². The topological polar surface area (TPSA) is 78.6 Å². The highest BCUT2D eigenvalue weighted by molar-refractivity contribution is 5.74. The van der Waals surface area contributed by atoms with E-state index in [-0.39, 0.29) is 18.7 Å². The van der Waals surface area contributed by atoms with E-state index in [2.05, 4.69) is 10.3 Å². The van der Waals surface area contributed by atoms with Crippen LogP contribution in [0.25, 0.3) is 11.5 Å². The van der Waals surface area contributed by atoms with Gasteiger partial charge in [-0.15, -0.1) is 0 Å². The van der Waals surface area contributed by atoms with Crippen LogP contribution in [-0.2, 0) is 6.54 Å². The minimum absolute atomic E-state index is 0.00946. The van der Waals surface area contributed by atoms with E-state index in [1.54, 1.807) is 11.2 Å². The van der Waals surface area contributed by atoms with Crippen molar-refractivity contribution in [1.29, 1.82) is 0 Å². The Hall–Kier alpha value is -2.34. The SMILES string of the molecule is O=C(NCc1coc(-c2ccccc2)n1)N1CCC[C@H]1CO. The van der Waals surface area contributed by atoms with Gasteiger partial charge in [0.25, 0.3) is 0 Å². The molecule has 2 heterocycles. The fourth-order valence-electron chi connectivity index (χ4n) is 2.66. The summed E-state index contributed by atoms with van der Waals surface area (Å²) >= 11 is 0. The number of rotatable bonds is 4. The van der Waals surface area contributed by atoms with Gasteiger partial charge < -0.3 is 19.7 Å². The molecular formula is C16H19N3O3. The average Bonchev–Trinajstić information content (AvgIpc) is 3.22. The predicted octanol–water partition coefficient (Wildman–Crippen LogP) is 2.01. The van der Waals surface area contributed by atoms with Crippen LogP contribution in [0, 0.1) is 0 Å². The number of aliphatic hydroxyl groups excluding tert-OH is 1. The van der Waals surface area contributed by atoms with Crippen LogP contribution in [0.3, 0.4) is 0 Å². The number of nitrogens with zero attached hydrogens (tertiary/aromatic N) is 2. The van der Waals surface area contributed by atoms with Crippen LogP contribution in [0.15, 0.2) is 41.0 Å². The van der Waals surface area contributed by atoms with E-state index >= 15 is 0 Å². The highest BCUT2D eigenvalue weighted by Crippen LogP contribution is 2.19. The first-order valence-corrected chi connectivity index (χ1v) is 7.43. The monoisotopic (exact) mass is 301 g/mol. The van der Waals surface area contributed by atoms with Gasteiger partial charge in [0.15, 0.2) is 0 Å². The van der Waals surface area contributed by atoms with Gasteiger partial charge >= 0.3 is 6.03 Å². The van der Waals surface area contributed by atoms with Crippen molar-refractivity contribution in [3.05, 3.63) is 42.3 Å². The molecule has 1 aromatic carbocycles. The number of urea groups is 1. The van der Waals surface area contributed by atoms with Crippen LogP contribution < -0.4 is 5.32 Å². The number of oxazole rings is 1. The lowest BCUT2D eigenvalue weighted by molar-refractivity contribution is 0.157. The maximum absolute atomic E-state index is 12.1. The van der Waals surface area contributed by atoms with Gasteiger partial charge in [0.2, 0.25) is 5.89 Å². The molecule has 6 heteroatoms. The minimum atomic E-state index is -0.166. The lowest BCUT2D eigenvalue weighted by atomic mass is 10.2. The molecule has 22 heavy (non-hydrogen) atoms. The zero-order valence-corrected chi connectivity index (χ0v) is 12.2. The van der Waals surface area contributed by atoms with Gasteiger partial charge in [0.05, 0.1) is 24.9 Å². The number of amides is 2. The minimum Gasteiger partial charge on any atom is -0.444 e. The fourth-order valence-corrected chi connectivity index (χ4v) is 2.66. The summed E-state index contributed by atoms with van der Waals surface area (Å²) in [5, 5.41) is 12.1. The number of hydrogen-bond acceptors (Lipinski definition) is 4. The Morgan fingerprint density at radius 2 is 2.23 bits per heavy atom. The third-order valence-corrected chi connectivity index (χ3v) is 3.84. The van der Waals surface area contributed by atoms with Crippen LogP contribution in [0.1, 0.15) is 18.5 Å². The summed E-state index contributed by atoms with van der Waals surface area (Å²) < 4.78 is 5.43. The van der Waals surface area contributed by atoms with Gasteiger partial charge in [-0.1, -0.05) is 18.2 Å². The summed E-state index contributed by atoms with van der Waals surface area (Å²) in [6.07, 6.45) is 3.34. The summed E-state index contributed by atoms with van der Waals surface area (Å²) in [4.78, 5) is 18.2. The maximum atomic E-state index is 12.1. The Balaban J connectivity index is 1.58. The zero-order chi connectivity index (χ0) is 15.4. The fraction of sp³-hybridized carbons (Fsp3) is 0.375. The van der Waals surface area contributed by atoms with E-state index in [4.69, 9.17) is 4.42 Å². The van der Waals surface area contributed by atoms with E-state index in [0.29, 0.717) is 24.7 Å². The molecule has 0 spiro atoms. The predicted molar refractivity (Wildman–Crippen MR) is 81.0 cm³/mol. The molecule has 2 N–H and O–H groups in total. The first-order chi connectivity index (χ1) is 10.8. The van der Waals surface area contributed by atoms with Crippen molar-refractivity contribution in [3.63, 3.8) is 0 Å². The van der Waals surface area contributed by atoms with E-state index < -0.39 is 0 Å². The Morgan fingerprint density at radius 3 is 3.00 bits per heavy atom. The molecule has 3 rings (SSSR count). The molecule has 1 fully saturated rings. The molecule has 1 aliphatic rings. The van der Waals surface area contributed by atoms with Crippen molar-refractivity contribution < 1.29 is 14.3 Å². The standard InChI is InChI=1S/C16H19N3O3/c20-10-14-7-4-8-19(14)16(21)17-9-13-11-22-15(18-13)12-5-2-1-3-6-12/h1-3,5-6,11,14,20H,4,7-10H2,(H,17,21)/t14-/m0/s1. The Labute approximate surface area is 128 Å². The van der Waals surface area contributed by atoms with Crippen LogP contribution in [-0.4, -0.2) is 40.2 Å². The molecule has 1 saturated heterocycles. The molecule has 0 aliphatic carbocycles. The van der Waals surface area contributed by atoms with Gasteiger partial charge in [-0.3, -0.25) is 0 Å². The zero-order valence-electron chi connectivity index (χ0n) is 12.2. The summed E-state index contributed by atoms with van der Waals surface area (Å²) in [6, 6.07) is 9.38. The van der Waals surface area contributed by atoms with Crippen LogP contribution in [0.4, 0.5) is 4.79 Å². The van der Waals surface area contributed by atoms with Crippen molar-refractivity contribution in [3.8, 4) is 11.5 Å². The first-order valence-electron chi connectivity index (χ1n) is 7.43. The molecule has 0 saturated carbocycles. The van der Waals surface area contributed by atoms with Crippen molar-refractivity contribution in [2.24, 2.45) is 0 Å². The number of nitrogens with one attached hydrogen (secondary N) is 1. The van der Waals surface area contributed by atoms with Gasteiger partial charge in [0.1, 0.15) is 6.26 Å². The Morgan fingerprint density at radius 1 is 1.41 bits per heavy atom. The molecule has 2 amide bonds. The van der Waals surface area contributed by atoms with Gasteiger partial charge in [0, 0.05) is 12.1 Å². The van der Waals surface area contributed by atoms with Crippen LogP contribution >= 0.6 is 0 Å². The van der Waals surface area contributed by atoms with E-state index in [1.165, 1.54) is 0 Å². The van der Waals surface area contributed by atoms with Gasteiger partial charge in [-0.05, 0) is 25.0 Å². The first kappa shape index (κ1) is 14.6. The molecule has 6 nitrogen and oxygen atoms in total. The normalized spacial score (nSPS) is 17.7. The molecule has 0 bridgehead atoms. The number of carbonyl (C=O) groups excluding carboxylic acids is 1. The Bertz CT molecular complexity index is 627. The second kappa shape index (κ2) is 6.62. The maximum Gasteiger partial charge on any atom is 0.318 e. The van der Waals surface area contributed by atoms with Gasteiger partial charge in [-0.2, -0.15) is 0 Å². The number of likely N-dealkylation sites (tertiary alicyclic amines) is 1. The summed E-state index contributed by atoms with van der Waals surface area (Å²) in [7, 11) is 0. The molecule has 2 aromatic rings. The van der Waals surface area contributed by atoms with Crippen molar-refractivity contribution in [2.75, 3.05) is 13.2 Å². The smallest absolute Gasteiger partial charge is 0.318 e. The number of hydrogen-bond donors (Lipinski definition) is 2. The summed E-state index contributed by atoms with van der Waals surface area (Å²) in [5.41, 5.74) is 1.58. The summed E-state index contributed by atoms with van der Waals surface area (Å²) in [5.74, 6) is 0.541. The van der Waals surface area contributed by atoms with Gasteiger partial charge in [-0.25, -0.2) is 9.78 Å². The lowest BCUT2D eigenvalue weighted by Gasteiger charge is -2.22. The number of aromatic nitrogens is 1. The number of carbonyl (C=O) groups is 1. The van der Waals surface area contributed by atoms with Crippen LogP contribution in [0.5, 0.6) is 0 Å². The third kappa shape index (κ3) is 3.12.